The molecule has 38 heavy (non-hydrogen) atoms. The molecule has 3 N–H and O–H groups in total. The van der Waals surface area contributed by atoms with Gasteiger partial charge in [0.25, 0.3) is 5.56 Å². The maximum absolute atomic E-state index is 13.5. The number of nitrogens with zero attached hydrogens (tertiary/aromatic N) is 3. The number of nitrogens with two attached hydrogens (primary N) is 1. The fourth-order valence-electron chi connectivity index (χ4n) is 5.00. The fraction of sp³-hybridized carbons (Fsp3) is 0.250. The predicted molar refractivity (Wildman–Crippen MR) is 141 cm³/mol. The van der Waals surface area contributed by atoms with Gasteiger partial charge < -0.3 is 15.4 Å². The van der Waals surface area contributed by atoms with Gasteiger partial charge in [-0.25, -0.2) is 9.59 Å². The molecule has 0 amide bonds. The van der Waals surface area contributed by atoms with Crippen molar-refractivity contribution in [3.63, 3.8) is 0 Å². The lowest BCUT2D eigenvalue weighted by atomic mass is 9.95. The van der Waals surface area contributed by atoms with E-state index < -0.39 is 29.6 Å². The molecule has 1 aliphatic rings. The maximum Gasteiger partial charge on any atom is 0.339 e. The molecule has 194 valence electrons. The van der Waals surface area contributed by atoms with Crippen LogP contribution in [0.1, 0.15) is 37.5 Å². The number of carbonyl (C=O) groups excluding carboxylic acids is 2. The van der Waals surface area contributed by atoms with Crippen LogP contribution in [0.3, 0.4) is 0 Å². The number of aromatic nitrogens is 3. The number of benzene rings is 2. The number of para-hydroxylation sites is 1. The summed E-state index contributed by atoms with van der Waals surface area (Å²) in [6, 6.07) is 17.5. The third-order valence-corrected chi connectivity index (χ3v) is 7.05. The summed E-state index contributed by atoms with van der Waals surface area (Å²) in [6.07, 6.45) is 0.701. The van der Waals surface area contributed by atoms with E-state index in [9.17, 15) is 19.2 Å². The van der Waals surface area contributed by atoms with E-state index in [0.29, 0.717) is 29.4 Å². The lowest BCUT2D eigenvalue weighted by Gasteiger charge is -2.27. The second kappa shape index (κ2) is 10.1. The van der Waals surface area contributed by atoms with Gasteiger partial charge in [-0.15, -0.1) is 0 Å². The van der Waals surface area contributed by atoms with E-state index in [4.69, 9.17) is 15.5 Å². The number of hydrogen-bond donors (Lipinski definition) is 2. The number of pyridine rings is 1. The molecule has 10 nitrogen and oxygen atoms in total. The number of fused-ring (bicyclic) bond motifs is 2. The Hall–Kier alpha value is -4.57. The van der Waals surface area contributed by atoms with Crippen molar-refractivity contribution in [1.82, 2.24) is 14.1 Å². The SMILES string of the molecule is Cn1c(N)c(C(=O)COC(=O)c2c3c(nc4ccccc24)CC[NH+](Cc2ccccc2)C3)c(=O)n(C)c1=O. The highest BCUT2D eigenvalue weighted by Crippen LogP contribution is 2.26. The standard InChI is InChI=1S/C28H27N5O5/c1-31-25(29)24(26(35)32(2)28(31)37)22(34)16-38-27(36)23-18-10-6-7-11-20(18)30-21-12-13-33(15-19(21)23)14-17-8-4-3-5-9-17/h3-11H,12-16,29H2,1-2H3/p+1. The molecule has 3 heterocycles. The van der Waals surface area contributed by atoms with Crippen molar-refractivity contribution in [1.29, 1.82) is 0 Å². The summed E-state index contributed by atoms with van der Waals surface area (Å²) in [6.45, 7) is 1.56. The van der Waals surface area contributed by atoms with Crippen LogP contribution in [0.2, 0.25) is 0 Å². The number of hydrogen-bond acceptors (Lipinski definition) is 7. The number of ether oxygens (including phenoxy) is 1. The maximum atomic E-state index is 13.5. The van der Waals surface area contributed by atoms with Gasteiger partial charge in [-0.1, -0.05) is 48.5 Å². The zero-order valence-corrected chi connectivity index (χ0v) is 21.2. The molecular weight excluding hydrogens is 486 g/mol. The first kappa shape index (κ1) is 25.1. The molecule has 10 heteroatoms. The number of nitrogens with one attached hydrogen (secondary N) is 1. The third-order valence-electron chi connectivity index (χ3n) is 7.05. The molecule has 1 unspecified atom stereocenters. The van der Waals surface area contributed by atoms with Crippen LogP contribution in [0.4, 0.5) is 5.82 Å². The molecule has 2 aromatic heterocycles. The molecule has 1 aliphatic heterocycles. The van der Waals surface area contributed by atoms with Crippen molar-refractivity contribution in [3.8, 4) is 0 Å². The third kappa shape index (κ3) is 4.50. The summed E-state index contributed by atoms with van der Waals surface area (Å²) in [4.78, 5) is 57.2. The molecule has 0 saturated carbocycles. The van der Waals surface area contributed by atoms with Gasteiger partial charge in [0, 0.05) is 37.0 Å². The number of carbonyl (C=O) groups is 2. The molecule has 1 atom stereocenters. The molecule has 4 aromatic rings. The Bertz CT molecular complexity index is 1690. The average molecular weight is 515 g/mol. The largest absolute Gasteiger partial charge is 0.454 e. The van der Waals surface area contributed by atoms with E-state index in [0.717, 1.165) is 33.5 Å². The van der Waals surface area contributed by atoms with Gasteiger partial charge >= 0.3 is 11.7 Å². The van der Waals surface area contributed by atoms with Gasteiger partial charge in [-0.2, -0.15) is 0 Å². The lowest BCUT2D eigenvalue weighted by molar-refractivity contribution is -0.929. The van der Waals surface area contributed by atoms with Crippen molar-refractivity contribution >= 4 is 28.5 Å². The zero-order chi connectivity index (χ0) is 27.0. The van der Waals surface area contributed by atoms with Gasteiger partial charge in [0.15, 0.2) is 6.61 Å². The second-order valence-corrected chi connectivity index (χ2v) is 9.48. The van der Waals surface area contributed by atoms with Crippen LogP contribution in [0, 0.1) is 0 Å². The van der Waals surface area contributed by atoms with Crippen LogP contribution in [0.5, 0.6) is 0 Å². The number of nitrogen functional groups attached to an aromatic ring is 1. The van der Waals surface area contributed by atoms with E-state index in [-0.39, 0.29) is 11.4 Å². The van der Waals surface area contributed by atoms with Gasteiger partial charge in [-0.05, 0) is 6.07 Å². The number of rotatable bonds is 6. The Labute approximate surface area is 217 Å². The Morgan fingerprint density at radius 2 is 1.71 bits per heavy atom. The smallest absolute Gasteiger partial charge is 0.339 e. The minimum atomic E-state index is -0.835. The van der Waals surface area contributed by atoms with Crippen LogP contribution in [0.25, 0.3) is 10.9 Å². The van der Waals surface area contributed by atoms with Gasteiger partial charge in [0.2, 0.25) is 5.78 Å². The van der Waals surface area contributed by atoms with E-state index in [1.165, 1.54) is 24.6 Å². The Kier molecular flexibility index (Phi) is 6.64. The van der Waals surface area contributed by atoms with Crippen molar-refractivity contribution in [2.75, 3.05) is 18.9 Å². The van der Waals surface area contributed by atoms with Crippen LogP contribution in [-0.2, 0) is 38.3 Å². The summed E-state index contributed by atoms with van der Waals surface area (Å²) < 4.78 is 7.28. The van der Waals surface area contributed by atoms with Crippen LogP contribution in [-0.4, -0.2) is 39.0 Å². The Morgan fingerprint density at radius 1 is 1.00 bits per heavy atom. The van der Waals surface area contributed by atoms with Crippen LogP contribution < -0.4 is 21.9 Å². The molecule has 2 aromatic carbocycles. The Morgan fingerprint density at radius 3 is 2.47 bits per heavy atom. The van der Waals surface area contributed by atoms with E-state index >= 15 is 0 Å². The van der Waals surface area contributed by atoms with Crippen molar-refractivity contribution in [2.45, 2.75) is 19.5 Å². The van der Waals surface area contributed by atoms with Crippen molar-refractivity contribution < 1.29 is 19.2 Å². The highest BCUT2D eigenvalue weighted by atomic mass is 16.5. The topological polar surface area (TPSA) is 131 Å². The monoisotopic (exact) mass is 514 g/mol. The highest BCUT2D eigenvalue weighted by Gasteiger charge is 2.30. The minimum absolute atomic E-state index is 0.272. The molecule has 0 aliphatic carbocycles. The summed E-state index contributed by atoms with van der Waals surface area (Å²) >= 11 is 0. The van der Waals surface area contributed by atoms with E-state index in [2.05, 4.69) is 12.1 Å². The molecule has 0 bridgehead atoms. The predicted octanol–water partition coefficient (Wildman–Crippen LogP) is 0.395. The van der Waals surface area contributed by atoms with Gasteiger partial charge in [0.1, 0.15) is 24.5 Å². The van der Waals surface area contributed by atoms with E-state index in [1.807, 2.05) is 42.5 Å². The molecule has 5 rings (SSSR count). The van der Waals surface area contributed by atoms with Crippen molar-refractivity contribution in [3.05, 3.63) is 103 Å². The molecule has 0 fully saturated rings. The number of quaternary nitrogens is 1. The minimum Gasteiger partial charge on any atom is -0.454 e. The average Bonchev–Trinajstić information content (AvgIpc) is 2.93. The molecule has 0 saturated heterocycles. The zero-order valence-electron chi connectivity index (χ0n) is 21.2. The first-order chi connectivity index (χ1) is 18.3. The summed E-state index contributed by atoms with van der Waals surface area (Å²) in [5.41, 5.74) is 7.91. The molecular formula is C28H28N5O5+. The normalized spacial score (nSPS) is 14.7. The first-order valence-electron chi connectivity index (χ1n) is 12.3. The van der Waals surface area contributed by atoms with Gasteiger partial charge in [0.05, 0.1) is 23.3 Å². The second-order valence-electron chi connectivity index (χ2n) is 9.48. The lowest BCUT2D eigenvalue weighted by Crippen LogP contribution is -3.10. The first-order valence-corrected chi connectivity index (χ1v) is 12.3. The van der Waals surface area contributed by atoms with Crippen LogP contribution in [0.15, 0.2) is 64.2 Å². The number of esters is 1. The molecule has 0 spiro atoms. The van der Waals surface area contributed by atoms with Gasteiger partial charge in [-0.3, -0.25) is 23.7 Å². The Balaban J connectivity index is 1.46. The summed E-state index contributed by atoms with van der Waals surface area (Å²) in [5, 5.41) is 0.641. The number of anilines is 1. The van der Waals surface area contributed by atoms with E-state index in [1.54, 1.807) is 0 Å². The van der Waals surface area contributed by atoms with Crippen molar-refractivity contribution in [2.24, 2.45) is 14.1 Å². The number of Topliss-reactive ketones (excluding diaryl/α,β-unsaturated/α-hetero) is 1. The fourth-order valence-corrected chi connectivity index (χ4v) is 5.00. The summed E-state index contributed by atoms with van der Waals surface area (Å²) in [5.74, 6) is -1.73. The number of ketones is 1. The summed E-state index contributed by atoms with van der Waals surface area (Å²) in [7, 11) is 2.62. The molecule has 0 radical (unpaired) electrons. The highest BCUT2D eigenvalue weighted by molar-refractivity contribution is 6.07. The van der Waals surface area contributed by atoms with Crippen LogP contribution >= 0.6 is 0 Å². The quantitative estimate of drug-likeness (QED) is 0.281.